The maximum absolute atomic E-state index is 6.17. The Morgan fingerprint density at radius 1 is 1.18 bits per heavy atom. The molecule has 1 aliphatic heterocycles. The first-order chi connectivity index (χ1) is 8.16. The van der Waals surface area contributed by atoms with E-state index in [0.717, 1.165) is 38.1 Å². The molecule has 17 heavy (non-hydrogen) atoms. The quantitative estimate of drug-likeness (QED) is 0.818. The molecule has 0 aromatic heterocycles. The SMILES string of the molecule is CC1CCC(N(C)CC2COCCC2N)CC1. The second-order valence-corrected chi connectivity index (χ2v) is 6.14. The molecule has 2 fully saturated rings. The zero-order valence-corrected chi connectivity index (χ0v) is 11.4. The Morgan fingerprint density at radius 2 is 1.88 bits per heavy atom. The fourth-order valence-electron chi connectivity index (χ4n) is 3.20. The van der Waals surface area contributed by atoms with E-state index in [9.17, 15) is 0 Å². The molecule has 0 spiro atoms. The van der Waals surface area contributed by atoms with Gasteiger partial charge in [0, 0.05) is 31.2 Å². The van der Waals surface area contributed by atoms with E-state index in [1.54, 1.807) is 0 Å². The van der Waals surface area contributed by atoms with E-state index in [1.807, 2.05) is 0 Å². The van der Waals surface area contributed by atoms with Gasteiger partial charge in [-0.2, -0.15) is 0 Å². The van der Waals surface area contributed by atoms with Crippen molar-refractivity contribution in [2.24, 2.45) is 17.6 Å². The van der Waals surface area contributed by atoms with Gasteiger partial charge in [-0.3, -0.25) is 0 Å². The Kier molecular flexibility index (Phi) is 4.83. The summed E-state index contributed by atoms with van der Waals surface area (Å²) in [5.41, 5.74) is 6.17. The van der Waals surface area contributed by atoms with Crippen molar-refractivity contribution in [3.8, 4) is 0 Å². The fraction of sp³-hybridized carbons (Fsp3) is 1.00. The minimum absolute atomic E-state index is 0.341. The summed E-state index contributed by atoms with van der Waals surface area (Å²) < 4.78 is 5.55. The predicted octanol–water partition coefficient (Wildman–Crippen LogP) is 1.86. The van der Waals surface area contributed by atoms with E-state index in [-0.39, 0.29) is 0 Å². The van der Waals surface area contributed by atoms with Gasteiger partial charge in [-0.05, 0) is 45.1 Å². The molecule has 0 bridgehead atoms. The van der Waals surface area contributed by atoms with Gasteiger partial charge in [0.05, 0.1) is 6.61 Å². The Hall–Kier alpha value is -0.120. The number of nitrogens with zero attached hydrogens (tertiary/aromatic N) is 1. The molecular weight excluding hydrogens is 212 g/mol. The lowest BCUT2D eigenvalue weighted by Crippen LogP contribution is -2.47. The lowest BCUT2D eigenvalue weighted by atomic mass is 9.86. The van der Waals surface area contributed by atoms with Crippen LogP contribution in [0.2, 0.25) is 0 Å². The third-order valence-electron chi connectivity index (χ3n) is 4.66. The maximum atomic E-state index is 6.17. The van der Waals surface area contributed by atoms with E-state index in [1.165, 1.54) is 25.7 Å². The van der Waals surface area contributed by atoms with Crippen LogP contribution in [0.5, 0.6) is 0 Å². The Bertz CT molecular complexity index is 226. The predicted molar refractivity (Wildman–Crippen MR) is 71.0 cm³/mol. The average Bonchev–Trinajstić information content (AvgIpc) is 2.33. The standard InChI is InChI=1S/C14H28N2O/c1-11-3-5-13(6-4-11)16(2)9-12-10-17-8-7-14(12)15/h11-14H,3-10,15H2,1-2H3. The van der Waals surface area contributed by atoms with Crippen LogP contribution in [0.1, 0.15) is 39.0 Å². The molecular formula is C14H28N2O. The van der Waals surface area contributed by atoms with Crippen LogP contribution < -0.4 is 5.73 Å². The van der Waals surface area contributed by atoms with Crippen molar-refractivity contribution in [1.29, 1.82) is 0 Å². The van der Waals surface area contributed by atoms with Gasteiger partial charge in [0.2, 0.25) is 0 Å². The van der Waals surface area contributed by atoms with Gasteiger partial charge < -0.3 is 15.4 Å². The van der Waals surface area contributed by atoms with E-state index >= 15 is 0 Å². The van der Waals surface area contributed by atoms with Crippen molar-refractivity contribution in [2.75, 3.05) is 26.8 Å². The molecule has 2 N–H and O–H groups in total. The smallest absolute Gasteiger partial charge is 0.0521 e. The van der Waals surface area contributed by atoms with Crippen molar-refractivity contribution >= 4 is 0 Å². The summed E-state index contributed by atoms with van der Waals surface area (Å²) in [5, 5.41) is 0. The molecule has 2 unspecified atom stereocenters. The summed E-state index contributed by atoms with van der Waals surface area (Å²) in [7, 11) is 2.27. The number of ether oxygens (including phenoxy) is 1. The summed E-state index contributed by atoms with van der Waals surface area (Å²) in [6.07, 6.45) is 6.53. The first-order valence-electron chi connectivity index (χ1n) is 7.20. The van der Waals surface area contributed by atoms with E-state index in [2.05, 4.69) is 18.9 Å². The molecule has 2 atom stereocenters. The van der Waals surface area contributed by atoms with Crippen molar-refractivity contribution in [3.05, 3.63) is 0 Å². The van der Waals surface area contributed by atoms with Crippen LogP contribution in [0.15, 0.2) is 0 Å². The van der Waals surface area contributed by atoms with Gasteiger partial charge in [0.15, 0.2) is 0 Å². The van der Waals surface area contributed by atoms with Gasteiger partial charge in [-0.25, -0.2) is 0 Å². The van der Waals surface area contributed by atoms with Crippen LogP contribution in [0.4, 0.5) is 0 Å². The topological polar surface area (TPSA) is 38.5 Å². The molecule has 2 aliphatic rings. The fourth-order valence-corrected chi connectivity index (χ4v) is 3.20. The van der Waals surface area contributed by atoms with Crippen LogP contribution in [-0.4, -0.2) is 43.8 Å². The second kappa shape index (κ2) is 6.17. The van der Waals surface area contributed by atoms with Gasteiger partial charge >= 0.3 is 0 Å². The molecule has 100 valence electrons. The van der Waals surface area contributed by atoms with E-state index < -0.39 is 0 Å². The molecule has 0 aromatic rings. The average molecular weight is 240 g/mol. The minimum Gasteiger partial charge on any atom is -0.381 e. The molecule has 1 aliphatic carbocycles. The molecule has 0 aromatic carbocycles. The summed E-state index contributed by atoms with van der Waals surface area (Å²) >= 11 is 0. The summed E-state index contributed by atoms with van der Waals surface area (Å²) in [4.78, 5) is 2.53. The molecule has 3 nitrogen and oxygen atoms in total. The number of rotatable bonds is 3. The summed E-state index contributed by atoms with van der Waals surface area (Å²) in [6, 6.07) is 1.12. The molecule has 2 rings (SSSR count). The zero-order chi connectivity index (χ0) is 12.3. The van der Waals surface area contributed by atoms with Crippen LogP contribution in [0.3, 0.4) is 0 Å². The van der Waals surface area contributed by atoms with Crippen molar-refractivity contribution in [1.82, 2.24) is 4.90 Å². The normalized spacial score (nSPS) is 39.5. The molecule has 1 saturated carbocycles. The lowest BCUT2D eigenvalue weighted by Gasteiger charge is -2.38. The molecule has 1 saturated heterocycles. The third kappa shape index (κ3) is 3.67. The lowest BCUT2D eigenvalue weighted by molar-refractivity contribution is 0.0201. The van der Waals surface area contributed by atoms with Crippen molar-refractivity contribution in [2.45, 2.75) is 51.1 Å². The Morgan fingerprint density at radius 3 is 2.53 bits per heavy atom. The second-order valence-electron chi connectivity index (χ2n) is 6.14. The van der Waals surface area contributed by atoms with Crippen LogP contribution in [-0.2, 0) is 4.74 Å². The Balaban J connectivity index is 1.77. The molecule has 3 heteroatoms. The Labute approximate surface area is 106 Å². The highest BCUT2D eigenvalue weighted by Crippen LogP contribution is 2.27. The van der Waals surface area contributed by atoms with Crippen LogP contribution in [0, 0.1) is 11.8 Å². The third-order valence-corrected chi connectivity index (χ3v) is 4.66. The van der Waals surface area contributed by atoms with Crippen molar-refractivity contribution < 1.29 is 4.74 Å². The number of hydrogen-bond donors (Lipinski definition) is 1. The summed E-state index contributed by atoms with van der Waals surface area (Å²) in [5.74, 6) is 1.47. The van der Waals surface area contributed by atoms with E-state index in [4.69, 9.17) is 10.5 Å². The highest BCUT2D eigenvalue weighted by molar-refractivity contribution is 4.82. The number of nitrogens with two attached hydrogens (primary N) is 1. The van der Waals surface area contributed by atoms with Gasteiger partial charge in [-0.15, -0.1) is 0 Å². The molecule has 0 radical (unpaired) electrons. The number of hydrogen-bond acceptors (Lipinski definition) is 3. The van der Waals surface area contributed by atoms with Crippen LogP contribution >= 0.6 is 0 Å². The first kappa shape index (κ1) is 13.3. The zero-order valence-electron chi connectivity index (χ0n) is 11.4. The van der Waals surface area contributed by atoms with Gasteiger partial charge in [-0.1, -0.05) is 6.92 Å². The van der Waals surface area contributed by atoms with Gasteiger partial charge in [0.25, 0.3) is 0 Å². The van der Waals surface area contributed by atoms with Crippen LogP contribution in [0.25, 0.3) is 0 Å². The highest BCUT2D eigenvalue weighted by Gasteiger charge is 2.27. The highest BCUT2D eigenvalue weighted by atomic mass is 16.5. The largest absolute Gasteiger partial charge is 0.381 e. The summed E-state index contributed by atoms with van der Waals surface area (Å²) in [6.45, 7) is 5.19. The van der Waals surface area contributed by atoms with Gasteiger partial charge in [0.1, 0.15) is 0 Å². The molecule has 1 heterocycles. The monoisotopic (exact) mass is 240 g/mol. The molecule has 0 amide bonds. The minimum atomic E-state index is 0.341. The maximum Gasteiger partial charge on any atom is 0.0521 e. The van der Waals surface area contributed by atoms with Crippen molar-refractivity contribution in [3.63, 3.8) is 0 Å². The first-order valence-corrected chi connectivity index (χ1v) is 7.20. The van der Waals surface area contributed by atoms with E-state index in [0.29, 0.717) is 12.0 Å².